The van der Waals surface area contributed by atoms with Crippen molar-refractivity contribution in [2.24, 2.45) is 5.92 Å². The fraction of sp³-hybridized carbons (Fsp3) is 0.138. The van der Waals surface area contributed by atoms with Gasteiger partial charge in [0.2, 0.25) is 0 Å². The minimum atomic E-state index is -0.141. The van der Waals surface area contributed by atoms with E-state index in [4.69, 9.17) is 4.74 Å². The molecule has 11 rings (SSSR count). The predicted molar refractivity (Wildman–Crippen MR) is 250 cm³/mol. The molecular formula is C58H47NO. The number of para-hydroxylation sites is 1. The Hall–Kier alpha value is -6.90. The maximum absolute atomic E-state index is 6.44. The zero-order chi connectivity index (χ0) is 40.2. The van der Waals surface area contributed by atoms with E-state index in [-0.39, 0.29) is 5.41 Å². The molecule has 4 aliphatic rings. The van der Waals surface area contributed by atoms with Gasteiger partial charge in [0, 0.05) is 39.5 Å². The molecule has 7 aromatic carbocycles. The molecule has 0 saturated heterocycles. The van der Waals surface area contributed by atoms with Crippen LogP contribution in [-0.2, 0) is 18.4 Å². The summed E-state index contributed by atoms with van der Waals surface area (Å²) in [7, 11) is 0. The molecule has 290 valence electrons. The molecule has 0 radical (unpaired) electrons. The van der Waals surface area contributed by atoms with Gasteiger partial charge in [-0.1, -0.05) is 177 Å². The number of fused-ring (bicyclic) bond motifs is 6. The highest BCUT2D eigenvalue weighted by molar-refractivity contribution is 5.86. The molecule has 0 saturated carbocycles. The van der Waals surface area contributed by atoms with Crippen LogP contribution in [0.3, 0.4) is 0 Å². The van der Waals surface area contributed by atoms with E-state index in [1.165, 1.54) is 61.3 Å². The lowest BCUT2D eigenvalue weighted by molar-refractivity contribution is 0.303. The molecule has 2 heteroatoms. The Bertz CT molecular complexity index is 2890. The summed E-state index contributed by atoms with van der Waals surface area (Å²) in [4.78, 5) is 2.42. The molecule has 60 heavy (non-hydrogen) atoms. The molecule has 1 heterocycles. The zero-order valence-corrected chi connectivity index (χ0v) is 34.2. The SMILES string of the molecule is Cc1c(-c2ccccc2)cccc1C1(C)C=CC(N(c2ccc(-c3cccc4c3CC3C=CC=CC43)cc2)c2ccc(-c3cccc4c3OCc3ccccc3-4)cc2)=CC1. The fourth-order valence-electron chi connectivity index (χ4n) is 10.3. The minimum Gasteiger partial charge on any atom is -0.488 e. The molecular weight excluding hydrogens is 727 g/mol. The van der Waals surface area contributed by atoms with E-state index in [1.807, 2.05) is 0 Å². The Kier molecular flexibility index (Phi) is 8.89. The lowest BCUT2D eigenvalue weighted by Gasteiger charge is -2.34. The first-order valence-electron chi connectivity index (χ1n) is 21.4. The summed E-state index contributed by atoms with van der Waals surface area (Å²) in [6.07, 6.45) is 18.4. The second-order valence-electron chi connectivity index (χ2n) is 17.0. The first-order valence-corrected chi connectivity index (χ1v) is 21.4. The molecule has 0 amide bonds. The van der Waals surface area contributed by atoms with Gasteiger partial charge in [0.25, 0.3) is 0 Å². The minimum absolute atomic E-state index is 0.141. The Morgan fingerprint density at radius 1 is 0.583 bits per heavy atom. The van der Waals surface area contributed by atoms with Gasteiger partial charge in [-0.05, 0) is 117 Å². The number of anilines is 2. The van der Waals surface area contributed by atoms with Crippen LogP contribution >= 0.6 is 0 Å². The van der Waals surface area contributed by atoms with Crippen molar-refractivity contribution in [1.29, 1.82) is 0 Å². The largest absolute Gasteiger partial charge is 0.488 e. The third-order valence-corrected chi connectivity index (χ3v) is 13.5. The van der Waals surface area contributed by atoms with Crippen molar-refractivity contribution in [3.8, 4) is 50.3 Å². The van der Waals surface area contributed by atoms with Crippen molar-refractivity contribution in [3.05, 3.63) is 234 Å². The number of ether oxygens (including phenoxy) is 1. The standard InChI is InChI=1S/C58H47NO/c1-39-48(40-13-4-3-5-14-40)19-12-24-56(39)58(2)35-33-47(34-36-58)59(45-29-25-41(26-30-45)49-20-10-22-53-50-17-8-6-15-43(50)37-55(49)53)46-31-27-42(28-32-46)52-21-11-23-54-51-18-9-7-16-44(51)38-60-57(52)54/h3-35,43,50H,36-38H2,1-2H3. The summed E-state index contributed by atoms with van der Waals surface area (Å²) in [6, 6.07) is 57.8. The Morgan fingerprint density at radius 3 is 2.00 bits per heavy atom. The van der Waals surface area contributed by atoms with E-state index in [9.17, 15) is 0 Å². The van der Waals surface area contributed by atoms with Crippen LogP contribution < -0.4 is 9.64 Å². The normalized spacial score (nSPS) is 19.4. The molecule has 0 spiro atoms. The Morgan fingerprint density at radius 2 is 1.22 bits per heavy atom. The van der Waals surface area contributed by atoms with Gasteiger partial charge in [0.1, 0.15) is 12.4 Å². The summed E-state index contributed by atoms with van der Waals surface area (Å²) in [5, 5.41) is 0. The van der Waals surface area contributed by atoms with E-state index in [1.54, 1.807) is 0 Å². The van der Waals surface area contributed by atoms with Crippen LogP contribution in [0.1, 0.15) is 47.1 Å². The fourth-order valence-corrected chi connectivity index (χ4v) is 10.3. The van der Waals surface area contributed by atoms with Crippen molar-refractivity contribution in [3.63, 3.8) is 0 Å². The number of allylic oxidation sites excluding steroid dienone is 7. The second kappa shape index (κ2) is 14.7. The highest BCUT2D eigenvalue weighted by Gasteiger charge is 2.32. The van der Waals surface area contributed by atoms with Crippen LogP contribution in [0, 0.1) is 12.8 Å². The summed E-state index contributed by atoms with van der Waals surface area (Å²) in [5.74, 6) is 1.98. The van der Waals surface area contributed by atoms with Crippen LogP contribution in [-0.4, -0.2) is 0 Å². The summed E-state index contributed by atoms with van der Waals surface area (Å²) >= 11 is 0. The number of nitrogens with zero attached hydrogens (tertiary/aromatic N) is 1. The van der Waals surface area contributed by atoms with Gasteiger partial charge in [-0.3, -0.25) is 0 Å². The lowest BCUT2D eigenvalue weighted by Crippen LogP contribution is -2.25. The molecule has 0 aromatic heterocycles. The second-order valence-corrected chi connectivity index (χ2v) is 17.0. The third-order valence-electron chi connectivity index (χ3n) is 13.5. The maximum Gasteiger partial charge on any atom is 0.135 e. The highest BCUT2D eigenvalue weighted by atomic mass is 16.5. The van der Waals surface area contributed by atoms with Crippen LogP contribution in [0.5, 0.6) is 5.75 Å². The third kappa shape index (κ3) is 6.18. The Labute approximate surface area is 354 Å². The van der Waals surface area contributed by atoms with Gasteiger partial charge in [-0.2, -0.15) is 0 Å². The molecule has 3 aliphatic carbocycles. The average Bonchev–Trinajstić information content (AvgIpc) is 3.69. The van der Waals surface area contributed by atoms with Crippen molar-refractivity contribution in [2.75, 3.05) is 4.90 Å². The quantitative estimate of drug-likeness (QED) is 0.160. The lowest BCUT2D eigenvalue weighted by atomic mass is 9.74. The van der Waals surface area contributed by atoms with E-state index in [0.717, 1.165) is 46.7 Å². The van der Waals surface area contributed by atoms with Crippen molar-refractivity contribution < 1.29 is 4.74 Å². The monoisotopic (exact) mass is 773 g/mol. The molecule has 2 nitrogen and oxygen atoms in total. The molecule has 0 N–H and O–H groups in total. The first-order chi connectivity index (χ1) is 29.5. The van der Waals surface area contributed by atoms with Gasteiger partial charge in [0.05, 0.1) is 0 Å². The molecule has 0 bridgehead atoms. The van der Waals surface area contributed by atoms with E-state index >= 15 is 0 Å². The van der Waals surface area contributed by atoms with Crippen LogP contribution in [0.15, 0.2) is 206 Å². The molecule has 7 aromatic rings. The van der Waals surface area contributed by atoms with Gasteiger partial charge in [0.15, 0.2) is 0 Å². The number of hydrogen-bond acceptors (Lipinski definition) is 2. The average molecular weight is 774 g/mol. The number of benzene rings is 7. The zero-order valence-electron chi connectivity index (χ0n) is 34.2. The first kappa shape index (κ1) is 36.2. The topological polar surface area (TPSA) is 12.5 Å². The molecule has 3 unspecified atom stereocenters. The van der Waals surface area contributed by atoms with Crippen LogP contribution in [0.2, 0.25) is 0 Å². The van der Waals surface area contributed by atoms with Crippen molar-refractivity contribution >= 4 is 11.4 Å². The van der Waals surface area contributed by atoms with Gasteiger partial charge >= 0.3 is 0 Å². The van der Waals surface area contributed by atoms with Gasteiger partial charge in [-0.25, -0.2) is 0 Å². The highest BCUT2D eigenvalue weighted by Crippen LogP contribution is 2.47. The van der Waals surface area contributed by atoms with Crippen LogP contribution in [0.25, 0.3) is 44.5 Å². The number of rotatable bonds is 7. The smallest absolute Gasteiger partial charge is 0.135 e. The van der Waals surface area contributed by atoms with E-state index < -0.39 is 0 Å². The van der Waals surface area contributed by atoms with Gasteiger partial charge in [-0.15, -0.1) is 0 Å². The van der Waals surface area contributed by atoms with Gasteiger partial charge < -0.3 is 9.64 Å². The molecule has 1 aliphatic heterocycles. The molecule has 3 atom stereocenters. The predicted octanol–water partition coefficient (Wildman–Crippen LogP) is 14.9. The molecule has 0 fully saturated rings. The summed E-state index contributed by atoms with van der Waals surface area (Å²) in [5.41, 5.74) is 20.0. The Balaban J connectivity index is 0.955. The summed E-state index contributed by atoms with van der Waals surface area (Å²) in [6.45, 7) is 5.24. The van der Waals surface area contributed by atoms with Crippen molar-refractivity contribution in [1.82, 2.24) is 0 Å². The summed E-state index contributed by atoms with van der Waals surface area (Å²) < 4.78 is 6.44. The maximum atomic E-state index is 6.44. The van der Waals surface area contributed by atoms with E-state index in [0.29, 0.717) is 18.4 Å². The van der Waals surface area contributed by atoms with Crippen molar-refractivity contribution in [2.45, 2.75) is 44.6 Å². The van der Waals surface area contributed by atoms with Crippen LogP contribution in [0.4, 0.5) is 11.4 Å². The number of hydrogen-bond donors (Lipinski definition) is 0. The van der Waals surface area contributed by atoms with E-state index in [2.05, 4.69) is 219 Å².